The van der Waals surface area contributed by atoms with Crippen molar-refractivity contribution in [2.75, 3.05) is 35.4 Å². The van der Waals surface area contributed by atoms with E-state index < -0.39 is 6.04 Å². The van der Waals surface area contributed by atoms with Crippen LogP contribution in [0.5, 0.6) is 17.2 Å². The molecule has 0 spiro atoms. The van der Waals surface area contributed by atoms with Crippen molar-refractivity contribution >= 4 is 22.7 Å². The molecule has 1 heterocycles. The molecule has 1 atom stereocenters. The van der Waals surface area contributed by atoms with E-state index in [1.807, 2.05) is 30.3 Å². The third-order valence-corrected chi connectivity index (χ3v) is 5.07. The molecule has 0 bridgehead atoms. The first-order chi connectivity index (χ1) is 14.9. The number of nitrogens with zero attached hydrogens (tertiary/aromatic N) is 1. The Kier molecular flexibility index (Phi) is 6.69. The summed E-state index contributed by atoms with van der Waals surface area (Å²) < 4.78 is 16.3. The number of carbonyl (C=O) groups excluding carboxylic acids is 2. The molecule has 8 nitrogen and oxygen atoms in total. The smallest absolute Gasteiger partial charge is 0.268 e. The molecule has 0 aliphatic rings. The number of H-pyrrole nitrogens is 1. The SMILES string of the molecule is COc1cc(OC)c2cc(C(=O)N[C@@H](CC(=O)N(C)C)c3ccccc3)[nH]c2c1OC. The Balaban J connectivity index is 1.97. The number of amides is 2. The van der Waals surface area contributed by atoms with Crippen LogP contribution in [0.2, 0.25) is 0 Å². The van der Waals surface area contributed by atoms with Crippen molar-refractivity contribution in [2.45, 2.75) is 12.5 Å². The molecule has 8 heteroatoms. The first-order valence-corrected chi connectivity index (χ1v) is 9.77. The van der Waals surface area contributed by atoms with Crippen molar-refractivity contribution in [2.24, 2.45) is 0 Å². The Hall–Kier alpha value is -3.68. The maximum absolute atomic E-state index is 13.1. The molecule has 0 unspecified atom stereocenters. The third-order valence-electron chi connectivity index (χ3n) is 5.07. The van der Waals surface area contributed by atoms with Crippen molar-refractivity contribution in [3.63, 3.8) is 0 Å². The van der Waals surface area contributed by atoms with Crippen molar-refractivity contribution in [1.82, 2.24) is 15.2 Å². The molecule has 31 heavy (non-hydrogen) atoms. The van der Waals surface area contributed by atoms with Crippen molar-refractivity contribution in [1.29, 1.82) is 0 Å². The maximum atomic E-state index is 13.1. The number of rotatable bonds is 8. The molecule has 3 aromatic rings. The van der Waals surface area contributed by atoms with Gasteiger partial charge in [0.1, 0.15) is 11.4 Å². The van der Waals surface area contributed by atoms with Crippen LogP contribution in [0, 0.1) is 0 Å². The molecule has 0 aliphatic carbocycles. The second kappa shape index (κ2) is 9.42. The first kappa shape index (κ1) is 22.0. The van der Waals surface area contributed by atoms with Gasteiger partial charge in [-0.3, -0.25) is 9.59 Å². The van der Waals surface area contributed by atoms with Crippen LogP contribution in [0.15, 0.2) is 42.5 Å². The van der Waals surface area contributed by atoms with Crippen molar-refractivity contribution in [3.05, 3.63) is 53.7 Å². The van der Waals surface area contributed by atoms with Gasteiger partial charge in [0.25, 0.3) is 5.91 Å². The summed E-state index contributed by atoms with van der Waals surface area (Å²) in [7, 11) is 7.99. The van der Waals surface area contributed by atoms with Crippen molar-refractivity contribution < 1.29 is 23.8 Å². The highest BCUT2D eigenvalue weighted by molar-refractivity contribution is 6.02. The Morgan fingerprint density at radius 2 is 1.68 bits per heavy atom. The number of fused-ring (bicyclic) bond motifs is 1. The van der Waals surface area contributed by atoms with E-state index in [1.165, 1.54) is 19.1 Å². The van der Waals surface area contributed by atoms with Crippen LogP contribution >= 0.6 is 0 Å². The molecule has 0 fully saturated rings. The molecular weight excluding hydrogens is 398 g/mol. The summed E-state index contributed by atoms with van der Waals surface area (Å²) in [5.41, 5.74) is 1.75. The van der Waals surface area contributed by atoms with Gasteiger partial charge >= 0.3 is 0 Å². The molecule has 0 saturated heterocycles. The molecule has 2 amide bonds. The fourth-order valence-corrected chi connectivity index (χ4v) is 3.39. The quantitative estimate of drug-likeness (QED) is 0.578. The Morgan fingerprint density at radius 3 is 2.26 bits per heavy atom. The normalized spacial score (nSPS) is 11.6. The van der Waals surface area contributed by atoms with Gasteiger partial charge in [0.15, 0.2) is 11.5 Å². The Labute approximate surface area is 181 Å². The molecule has 0 aliphatic heterocycles. The lowest BCUT2D eigenvalue weighted by molar-refractivity contribution is -0.129. The lowest BCUT2D eigenvalue weighted by atomic mass is 10.0. The zero-order valence-corrected chi connectivity index (χ0v) is 18.3. The number of ether oxygens (including phenoxy) is 3. The Morgan fingerprint density at radius 1 is 1.00 bits per heavy atom. The van der Waals surface area contributed by atoms with Crippen molar-refractivity contribution in [3.8, 4) is 17.2 Å². The monoisotopic (exact) mass is 425 g/mol. The lowest BCUT2D eigenvalue weighted by Gasteiger charge is -2.20. The number of carbonyl (C=O) groups is 2. The predicted octanol–water partition coefficient (Wildman–Crippen LogP) is 3.14. The number of benzene rings is 2. The second-order valence-electron chi connectivity index (χ2n) is 7.22. The fourth-order valence-electron chi connectivity index (χ4n) is 3.39. The molecule has 3 rings (SSSR count). The van der Waals surface area contributed by atoms with Crippen LogP contribution < -0.4 is 19.5 Å². The van der Waals surface area contributed by atoms with Crippen LogP contribution in [-0.4, -0.2) is 57.1 Å². The highest BCUT2D eigenvalue weighted by Gasteiger charge is 2.23. The third kappa shape index (κ3) is 4.58. The van der Waals surface area contributed by atoms with Gasteiger partial charge in [-0.2, -0.15) is 0 Å². The number of hydrogen-bond acceptors (Lipinski definition) is 5. The van der Waals surface area contributed by atoms with Crippen LogP contribution in [-0.2, 0) is 4.79 Å². The summed E-state index contributed by atoms with van der Waals surface area (Å²) in [5, 5.41) is 3.66. The van der Waals surface area contributed by atoms with Crippen LogP contribution in [0.4, 0.5) is 0 Å². The minimum absolute atomic E-state index is 0.0844. The average Bonchev–Trinajstić information content (AvgIpc) is 3.23. The predicted molar refractivity (Wildman–Crippen MR) is 118 cm³/mol. The topological polar surface area (TPSA) is 92.9 Å². The van der Waals surface area contributed by atoms with Gasteiger partial charge in [-0.1, -0.05) is 30.3 Å². The highest BCUT2D eigenvalue weighted by Crippen LogP contribution is 2.41. The van der Waals surface area contributed by atoms with Gasteiger partial charge in [0.05, 0.1) is 39.3 Å². The largest absolute Gasteiger partial charge is 0.496 e. The summed E-state index contributed by atoms with van der Waals surface area (Å²) in [6.45, 7) is 0. The number of aromatic nitrogens is 1. The molecule has 164 valence electrons. The second-order valence-corrected chi connectivity index (χ2v) is 7.22. The van der Waals surface area contributed by atoms with Crippen LogP contribution in [0.1, 0.15) is 28.5 Å². The van der Waals surface area contributed by atoms with Gasteiger partial charge in [-0.25, -0.2) is 0 Å². The average molecular weight is 425 g/mol. The molecule has 2 N–H and O–H groups in total. The van der Waals surface area contributed by atoms with Gasteiger partial charge in [0, 0.05) is 25.5 Å². The van der Waals surface area contributed by atoms with E-state index in [-0.39, 0.29) is 18.2 Å². The maximum Gasteiger partial charge on any atom is 0.268 e. The molecule has 0 radical (unpaired) electrons. The number of aromatic amines is 1. The van der Waals surface area contributed by atoms with Crippen LogP contribution in [0.25, 0.3) is 10.9 Å². The first-order valence-electron chi connectivity index (χ1n) is 9.77. The lowest BCUT2D eigenvalue weighted by Crippen LogP contribution is -2.33. The number of methoxy groups -OCH3 is 3. The van der Waals surface area contributed by atoms with E-state index in [9.17, 15) is 9.59 Å². The fraction of sp³-hybridized carbons (Fsp3) is 0.304. The van der Waals surface area contributed by atoms with E-state index in [1.54, 1.807) is 33.3 Å². The zero-order valence-electron chi connectivity index (χ0n) is 18.3. The van der Waals surface area contributed by atoms with Gasteiger partial charge in [0.2, 0.25) is 5.91 Å². The van der Waals surface area contributed by atoms with Gasteiger partial charge in [-0.15, -0.1) is 0 Å². The Bertz CT molecular complexity index is 1080. The summed E-state index contributed by atoms with van der Waals surface area (Å²) in [5.74, 6) is 1.07. The summed E-state index contributed by atoms with van der Waals surface area (Å²) in [6, 6.07) is 12.3. The molecule has 1 aromatic heterocycles. The van der Waals surface area contributed by atoms with Crippen LogP contribution in [0.3, 0.4) is 0 Å². The molecular formula is C23H27N3O5. The number of nitrogens with one attached hydrogen (secondary N) is 2. The number of hydrogen-bond donors (Lipinski definition) is 2. The van der Waals surface area contributed by atoms with E-state index in [4.69, 9.17) is 14.2 Å². The zero-order chi connectivity index (χ0) is 22.5. The summed E-state index contributed by atoms with van der Waals surface area (Å²) >= 11 is 0. The van der Waals surface area contributed by atoms with E-state index in [2.05, 4.69) is 10.3 Å². The van der Waals surface area contributed by atoms with E-state index >= 15 is 0 Å². The highest BCUT2D eigenvalue weighted by atomic mass is 16.5. The summed E-state index contributed by atoms with van der Waals surface area (Å²) in [4.78, 5) is 30.1. The minimum atomic E-state index is -0.478. The minimum Gasteiger partial charge on any atom is -0.496 e. The van der Waals surface area contributed by atoms with E-state index in [0.29, 0.717) is 33.8 Å². The standard InChI is InChI=1S/C23H27N3O5/c1-26(2)20(27)12-16(14-9-7-6-8-10-14)25-23(28)17-11-15-18(29-3)13-19(30-4)22(31-5)21(15)24-17/h6-11,13,16,24H,12H2,1-5H3,(H,25,28)/t16-/m0/s1. The van der Waals surface area contributed by atoms with E-state index in [0.717, 1.165) is 5.56 Å². The van der Waals surface area contributed by atoms with Gasteiger partial charge < -0.3 is 29.4 Å². The molecule has 2 aromatic carbocycles. The summed E-state index contributed by atoms with van der Waals surface area (Å²) in [6.07, 6.45) is 0.142. The van der Waals surface area contributed by atoms with Gasteiger partial charge in [-0.05, 0) is 11.6 Å². The molecule has 0 saturated carbocycles.